The first-order chi connectivity index (χ1) is 18.7. The number of aryl methyl sites for hydroxylation is 1. The van der Waals surface area contributed by atoms with Gasteiger partial charge in [-0.1, -0.05) is 52.7 Å². The average molecular weight is 601 g/mol. The predicted molar refractivity (Wildman–Crippen MR) is 149 cm³/mol. The maximum Gasteiger partial charge on any atom is 0.312 e. The molecule has 6 nitrogen and oxygen atoms in total. The van der Waals surface area contributed by atoms with Crippen molar-refractivity contribution in [2.75, 3.05) is 33.2 Å². The number of piperazine rings is 1. The maximum atomic E-state index is 14.4. The molecule has 0 spiro atoms. The molecule has 9 heteroatoms. The van der Waals surface area contributed by atoms with Gasteiger partial charge in [0.05, 0.1) is 0 Å². The van der Waals surface area contributed by atoms with E-state index in [0.29, 0.717) is 49.7 Å². The third-order valence-electron chi connectivity index (χ3n) is 6.97. The molecule has 1 heterocycles. The van der Waals surface area contributed by atoms with Crippen LogP contribution in [0.25, 0.3) is 0 Å². The predicted octanol–water partition coefficient (Wildman–Crippen LogP) is 6.08. The number of likely N-dealkylation sites (N-methyl/N-ethyl adjacent to an activating group) is 1. The van der Waals surface area contributed by atoms with E-state index < -0.39 is 23.4 Å². The Balaban J connectivity index is 1.38. The molecular formula is C30H32BrF2N3O3. The summed E-state index contributed by atoms with van der Waals surface area (Å²) >= 11 is 3.47. The lowest BCUT2D eigenvalue weighted by Crippen LogP contribution is -2.53. The van der Waals surface area contributed by atoms with Gasteiger partial charge in [0.2, 0.25) is 0 Å². The highest BCUT2D eigenvalue weighted by molar-refractivity contribution is 9.10. The van der Waals surface area contributed by atoms with Gasteiger partial charge in [-0.15, -0.1) is 0 Å². The number of amides is 2. The van der Waals surface area contributed by atoms with Crippen molar-refractivity contribution in [3.63, 3.8) is 0 Å². The van der Waals surface area contributed by atoms with Crippen molar-refractivity contribution in [2.45, 2.75) is 32.9 Å². The first-order valence-corrected chi connectivity index (χ1v) is 13.7. The third kappa shape index (κ3) is 7.02. The highest BCUT2D eigenvalue weighted by atomic mass is 79.9. The van der Waals surface area contributed by atoms with Crippen LogP contribution in [0.15, 0.2) is 65.1 Å². The number of carbonyl (C=O) groups is 2. The summed E-state index contributed by atoms with van der Waals surface area (Å²) < 4.78 is 34.7. The molecule has 1 atom stereocenters. The van der Waals surface area contributed by atoms with Crippen LogP contribution >= 0.6 is 15.9 Å². The number of benzene rings is 3. The van der Waals surface area contributed by atoms with Gasteiger partial charge in [-0.25, -0.2) is 8.78 Å². The van der Waals surface area contributed by atoms with E-state index in [0.717, 1.165) is 21.7 Å². The summed E-state index contributed by atoms with van der Waals surface area (Å²) in [5.41, 5.74) is 2.32. The topological polar surface area (TPSA) is 53.1 Å². The number of hydrogen-bond donors (Lipinski definition) is 0. The molecule has 3 aromatic carbocycles. The summed E-state index contributed by atoms with van der Waals surface area (Å²) in [7, 11) is 1.60. The van der Waals surface area contributed by atoms with Crippen LogP contribution in [-0.4, -0.2) is 59.7 Å². The highest BCUT2D eigenvalue weighted by Gasteiger charge is 2.31. The monoisotopic (exact) mass is 599 g/mol. The van der Waals surface area contributed by atoms with Gasteiger partial charge in [-0.05, 0) is 43.7 Å². The van der Waals surface area contributed by atoms with Crippen molar-refractivity contribution in [3.05, 3.63) is 93.5 Å². The zero-order valence-corrected chi connectivity index (χ0v) is 23.9. The van der Waals surface area contributed by atoms with E-state index in [9.17, 15) is 18.4 Å². The molecule has 206 valence electrons. The lowest BCUT2D eigenvalue weighted by molar-refractivity contribution is -0.152. The first kappa shape index (κ1) is 28.7. The maximum absolute atomic E-state index is 14.4. The Kier molecular flexibility index (Phi) is 9.35. The van der Waals surface area contributed by atoms with Gasteiger partial charge in [0.1, 0.15) is 23.1 Å². The second-order valence-electron chi connectivity index (χ2n) is 9.75. The Morgan fingerprint density at radius 1 is 1.00 bits per heavy atom. The van der Waals surface area contributed by atoms with Crippen LogP contribution in [0.3, 0.4) is 0 Å². The summed E-state index contributed by atoms with van der Waals surface area (Å²) in [6, 6.07) is 16.6. The zero-order chi connectivity index (χ0) is 28.1. The minimum atomic E-state index is -0.610. The van der Waals surface area contributed by atoms with Crippen LogP contribution in [0.4, 0.5) is 8.78 Å². The van der Waals surface area contributed by atoms with Gasteiger partial charge in [0.25, 0.3) is 0 Å². The summed E-state index contributed by atoms with van der Waals surface area (Å²) in [6.45, 7) is 5.80. The molecule has 0 aliphatic carbocycles. The smallest absolute Gasteiger partial charge is 0.312 e. The molecular weight excluding hydrogens is 568 g/mol. The van der Waals surface area contributed by atoms with Crippen molar-refractivity contribution < 1.29 is 23.1 Å². The molecule has 0 N–H and O–H groups in total. The van der Waals surface area contributed by atoms with E-state index in [4.69, 9.17) is 4.74 Å². The van der Waals surface area contributed by atoms with Crippen LogP contribution < -0.4 is 4.74 Å². The van der Waals surface area contributed by atoms with E-state index in [-0.39, 0.29) is 12.6 Å². The van der Waals surface area contributed by atoms with Crippen LogP contribution in [-0.2, 0) is 16.1 Å². The Hall–Kier alpha value is -3.30. The summed E-state index contributed by atoms with van der Waals surface area (Å²) in [5.74, 6) is -1.10. The molecule has 1 saturated heterocycles. The Morgan fingerprint density at radius 2 is 1.69 bits per heavy atom. The fraction of sp³-hybridized carbons (Fsp3) is 0.333. The van der Waals surface area contributed by atoms with Crippen LogP contribution in [0.1, 0.15) is 36.1 Å². The highest BCUT2D eigenvalue weighted by Crippen LogP contribution is 2.30. The molecule has 39 heavy (non-hydrogen) atoms. The minimum absolute atomic E-state index is 0.195. The fourth-order valence-electron chi connectivity index (χ4n) is 4.80. The van der Waals surface area contributed by atoms with Gasteiger partial charge in [-0.2, -0.15) is 0 Å². The van der Waals surface area contributed by atoms with Gasteiger partial charge in [-0.3, -0.25) is 14.5 Å². The Morgan fingerprint density at radius 3 is 2.33 bits per heavy atom. The van der Waals surface area contributed by atoms with Crippen LogP contribution in [0, 0.1) is 18.6 Å². The molecule has 2 amide bonds. The third-order valence-corrected chi connectivity index (χ3v) is 7.46. The van der Waals surface area contributed by atoms with Gasteiger partial charge in [0, 0.05) is 67.5 Å². The molecule has 0 aromatic heterocycles. The number of halogens is 3. The molecule has 0 bridgehead atoms. The SMILES string of the molecule is CCC(c1ccc(F)cc1F)N1CCN(C(=O)C(=O)N(C)Cc2ccc(Br)cc2Oc2ccc(C)cc2)CC1. The number of nitrogens with zero attached hydrogens (tertiary/aromatic N) is 3. The number of rotatable bonds is 7. The molecule has 1 fully saturated rings. The van der Waals surface area contributed by atoms with Crippen LogP contribution in [0.2, 0.25) is 0 Å². The van der Waals surface area contributed by atoms with E-state index in [2.05, 4.69) is 20.8 Å². The largest absolute Gasteiger partial charge is 0.457 e. The summed E-state index contributed by atoms with van der Waals surface area (Å²) in [5, 5.41) is 0. The van der Waals surface area contributed by atoms with Gasteiger partial charge >= 0.3 is 11.8 Å². The molecule has 0 saturated carbocycles. The van der Waals surface area contributed by atoms with Crippen molar-refractivity contribution in [2.24, 2.45) is 0 Å². The second-order valence-corrected chi connectivity index (χ2v) is 10.7. The van der Waals surface area contributed by atoms with Crippen molar-refractivity contribution >= 4 is 27.7 Å². The normalized spacial score (nSPS) is 14.7. The molecule has 0 radical (unpaired) electrons. The van der Waals surface area contributed by atoms with E-state index in [1.54, 1.807) is 7.05 Å². The van der Waals surface area contributed by atoms with Crippen molar-refractivity contribution in [3.8, 4) is 11.5 Å². The molecule has 1 unspecified atom stereocenters. The summed E-state index contributed by atoms with van der Waals surface area (Å²) in [4.78, 5) is 31.2. The van der Waals surface area contributed by atoms with Crippen molar-refractivity contribution in [1.82, 2.24) is 14.7 Å². The quantitative estimate of drug-likeness (QED) is 0.309. The Bertz CT molecular complexity index is 1330. The first-order valence-electron chi connectivity index (χ1n) is 12.9. The number of hydrogen-bond acceptors (Lipinski definition) is 4. The number of ether oxygens (including phenoxy) is 1. The average Bonchev–Trinajstić information content (AvgIpc) is 2.92. The van der Waals surface area contributed by atoms with Crippen molar-refractivity contribution in [1.29, 1.82) is 0 Å². The number of carbonyl (C=O) groups excluding carboxylic acids is 2. The van der Waals surface area contributed by atoms with Crippen LogP contribution in [0.5, 0.6) is 11.5 Å². The van der Waals surface area contributed by atoms with Gasteiger partial charge in [0.15, 0.2) is 0 Å². The summed E-state index contributed by atoms with van der Waals surface area (Å²) in [6.07, 6.45) is 0.637. The lowest BCUT2D eigenvalue weighted by atomic mass is 10.0. The Labute approximate surface area is 236 Å². The minimum Gasteiger partial charge on any atom is -0.457 e. The standard InChI is InChI=1S/C30H32BrF2N3O3/c1-4-27(25-12-9-23(32)18-26(25)33)35-13-15-36(16-14-35)30(38)29(37)34(3)19-21-7-8-22(31)17-28(21)39-24-10-5-20(2)6-11-24/h5-12,17-18,27H,4,13-16,19H2,1-3H3. The fourth-order valence-corrected chi connectivity index (χ4v) is 5.14. The van der Waals surface area contributed by atoms with E-state index >= 15 is 0 Å². The zero-order valence-electron chi connectivity index (χ0n) is 22.3. The van der Waals surface area contributed by atoms with E-state index in [1.165, 1.54) is 21.9 Å². The van der Waals surface area contributed by atoms with E-state index in [1.807, 2.05) is 56.3 Å². The lowest BCUT2D eigenvalue weighted by Gasteiger charge is -2.39. The second kappa shape index (κ2) is 12.7. The molecule has 4 rings (SSSR count). The molecule has 3 aromatic rings. The molecule has 1 aliphatic heterocycles. The van der Waals surface area contributed by atoms with Gasteiger partial charge < -0.3 is 14.5 Å². The molecule has 1 aliphatic rings.